The Morgan fingerprint density at radius 1 is 1.32 bits per heavy atom. The minimum absolute atomic E-state index is 0.0707. The number of carbonyl (C=O) groups is 2. The maximum absolute atomic E-state index is 13.5. The van der Waals surface area contributed by atoms with Gasteiger partial charge in [-0.05, 0) is 36.6 Å². The van der Waals surface area contributed by atoms with Gasteiger partial charge in [0.2, 0.25) is 0 Å². The molecule has 9 heteroatoms. The molecule has 0 unspecified atom stereocenters. The Balaban J connectivity index is 1.95. The lowest BCUT2D eigenvalue weighted by atomic mass is 9.73. The number of anilines is 1. The molecule has 1 aromatic carbocycles. The summed E-state index contributed by atoms with van der Waals surface area (Å²) in [5.41, 5.74) is -1.23. The van der Waals surface area contributed by atoms with E-state index in [1.54, 1.807) is 11.0 Å². The SMILES string of the molecule is O=C(O)c1cnc(N2CC[C@@H](O)[C@](Cc3cccc(F)c3)(C(=O)O)C2)c(Cl)c1. The molecule has 0 spiro atoms. The average molecular weight is 409 g/mol. The van der Waals surface area contributed by atoms with E-state index in [-0.39, 0.29) is 35.8 Å². The van der Waals surface area contributed by atoms with Gasteiger partial charge in [-0.2, -0.15) is 0 Å². The zero-order valence-corrected chi connectivity index (χ0v) is 15.4. The summed E-state index contributed by atoms with van der Waals surface area (Å²) in [6.07, 6.45) is 0.0496. The first kappa shape index (κ1) is 20.0. The monoisotopic (exact) mass is 408 g/mol. The molecule has 0 bridgehead atoms. The van der Waals surface area contributed by atoms with E-state index in [2.05, 4.69) is 4.98 Å². The van der Waals surface area contributed by atoms with Crippen molar-refractivity contribution in [1.29, 1.82) is 0 Å². The number of carboxylic acid groups (broad SMARTS) is 2. The zero-order valence-electron chi connectivity index (χ0n) is 14.7. The van der Waals surface area contributed by atoms with Gasteiger partial charge in [0.1, 0.15) is 17.1 Å². The van der Waals surface area contributed by atoms with Crippen LogP contribution in [0.2, 0.25) is 5.02 Å². The van der Waals surface area contributed by atoms with Crippen LogP contribution in [-0.4, -0.2) is 51.4 Å². The third kappa shape index (κ3) is 3.79. The van der Waals surface area contributed by atoms with E-state index in [1.165, 1.54) is 24.3 Å². The maximum atomic E-state index is 13.5. The second kappa shape index (κ2) is 7.73. The van der Waals surface area contributed by atoms with Gasteiger partial charge in [-0.25, -0.2) is 14.2 Å². The number of nitrogens with zero attached hydrogens (tertiary/aromatic N) is 2. The number of rotatable bonds is 5. The molecule has 2 heterocycles. The predicted molar refractivity (Wildman–Crippen MR) is 99.2 cm³/mol. The van der Waals surface area contributed by atoms with Crippen molar-refractivity contribution in [3.8, 4) is 0 Å². The summed E-state index contributed by atoms with van der Waals surface area (Å²) in [7, 11) is 0. The third-order valence-electron chi connectivity index (χ3n) is 4.99. The fraction of sp³-hybridized carbons (Fsp3) is 0.316. The zero-order chi connectivity index (χ0) is 20.5. The summed E-state index contributed by atoms with van der Waals surface area (Å²) in [6, 6.07) is 6.83. The number of aliphatic carboxylic acids is 1. The Hall–Kier alpha value is -2.71. The van der Waals surface area contributed by atoms with Crippen molar-refractivity contribution in [1.82, 2.24) is 4.98 Å². The van der Waals surface area contributed by atoms with Crippen LogP contribution in [0.5, 0.6) is 0 Å². The number of aliphatic hydroxyl groups is 1. The summed E-state index contributed by atoms with van der Waals surface area (Å²) in [4.78, 5) is 28.9. The number of benzene rings is 1. The van der Waals surface area contributed by atoms with E-state index in [0.717, 1.165) is 6.20 Å². The number of hydrogen-bond acceptors (Lipinski definition) is 5. The lowest BCUT2D eigenvalue weighted by Crippen LogP contribution is -2.57. The number of hydrogen-bond donors (Lipinski definition) is 3. The van der Waals surface area contributed by atoms with E-state index in [9.17, 15) is 24.2 Å². The molecule has 1 aliphatic rings. The molecule has 148 valence electrons. The van der Waals surface area contributed by atoms with Crippen LogP contribution in [0.4, 0.5) is 10.2 Å². The Kier molecular flexibility index (Phi) is 5.53. The van der Waals surface area contributed by atoms with Crippen molar-refractivity contribution in [3.63, 3.8) is 0 Å². The first-order valence-electron chi connectivity index (χ1n) is 8.52. The largest absolute Gasteiger partial charge is 0.481 e. The maximum Gasteiger partial charge on any atom is 0.337 e. The van der Waals surface area contributed by atoms with Crippen LogP contribution in [0.15, 0.2) is 36.5 Å². The van der Waals surface area contributed by atoms with Gasteiger partial charge < -0.3 is 20.2 Å². The highest BCUT2D eigenvalue weighted by atomic mass is 35.5. The van der Waals surface area contributed by atoms with Crippen molar-refractivity contribution in [2.75, 3.05) is 18.0 Å². The minimum Gasteiger partial charge on any atom is -0.481 e. The van der Waals surface area contributed by atoms with Gasteiger partial charge >= 0.3 is 11.9 Å². The number of aliphatic hydroxyl groups excluding tert-OH is 1. The number of pyridine rings is 1. The number of halogens is 2. The van der Waals surface area contributed by atoms with Crippen LogP contribution in [0.3, 0.4) is 0 Å². The molecule has 0 radical (unpaired) electrons. The van der Waals surface area contributed by atoms with Crippen LogP contribution in [0.1, 0.15) is 22.3 Å². The highest BCUT2D eigenvalue weighted by Crippen LogP contribution is 2.38. The Bertz CT molecular complexity index is 925. The number of carboxylic acids is 2. The van der Waals surface area contributed by atoms with E-state index < -0.39 is 29.3 Å². The molecule has 0 amide bonds. The topological polar surface area (TPSA) is 111 Å². The minimum atomic E-state index is -1.59. The fourth-order valence-electron chi connectivity index (χ4n) is 3.51. The van der Waals surface area contributed by atoms with Crippen LogP contribution in [0, 0.1) is 11.2 Å². The van der Waals surface area contributed by atoms with Crippen molar-refractivity contribution in [3.05, 3.63) is 58.5 Å². The van der Waals surface area contributed by atoms with Gasteiger partial charge in [-0.1, -0.05) is 23.7 Å². The highest BCUT2D eigenvalue weighted by molar-refractivity contribution is 6.33. The molecule has 3 rings (SSSR count). The van der Waals surface area contributed by atoms with Crippen molar-refractivity contribution in [2.24, 2.45) is 5.41 Å². The first-order chi connectivity index (χ1) is 13.2. The smallest absolute Gasteiger partial charge is 0.337 e. The Morgan fingerprint density at radius 2 is 2.07 bits per heavy atom. The normalized spacial score (nSPS) is 22.1. The lowest BCUT2D eigenvalue weighted by Gasteiger charge is -2.44. The Labute approximate surface area is 165 Å². The third-order valence-corrected chi connectivity index (χ3v) is 5.26. The van der Waals surface area contributed by atoms with Gasteiger partial charge in [0.05, 0.1) is 16.7 Å². The molecule has 1 aliphatic heterocycles. The van der Waals surface area contributed by atoms with E-state index in [0.29, 0.717) is 12.1 Å². The van der Waals surface area contributed by atoms with Crippen molar-refractivity contribution < 1.29 is 29.3 Å². The summed E-state index contributed by atoms with van der Waals surface area (Å²) in [6.45, 7) is 0.178. The van der Waals surface area contributed by atoms with Crippen LogP contribution < -0.4 is 4.90 Å². The summed E-state index contributed by atoms with van der Waals surface area (Å²) in [5, 5.41) is 29.6. The summed E-state index contributed by atoms with van der Waals surface area (Å²) < 4.78 is 13.5. The molecule has 1 saturated heterocycles. The standard InChI is InChI=1S/C19H18ClFN2O5/c20-14-7-12(17(25)26)9-22-16(14)23-5-4-15(24)19(10-23,18(27)28)8-11-2-1-3-13(21)6-11/h1-3,6-7,9,15,24H,4-5,8,10H2,(H,25,26)(H,27,28)/t15-,19-/m1/s1. The average Bonchev–Trinajstić information content (AvgIpc) is 2.63. The number of aromatic carboxylic acids is 1. The van der Waals surface area contributed by atoms with Gasteiger partial charge in [-0.15, -0.1) is 0 Å². The quantitative estimate of drug-likeness (QED) is 0.696. The second-order valence-corrected chi connectivity index (χ2v) is 7.24. The van der Waals surface area contributed by atoms with Crippen LogP contribution >= 0.6 is 11.6 Å². The molecule has 7 nitrogen and oxygen atoms in total. The molecule has 1 fully saturated rings. The second-order valence-electron chi connectivity index (χ2n) is 6.83. The molecule has 3 N–H and O–H groups in total. The fourth-order valence-corrected chi connectivity index (χ4v) is 3.80. The highest BCUT2D eigenvalue weighted by Gasteiger charge is 2.49. The van der Waals surface area contributed by atoms with Crippen molar-refractivity contribution in [2.45, 2.75) is 18.9 Å². The van der Waals surface area contributed by atoms with Crippen molar-refractivity contribution >= 4 is 29.4 Å². The summed E-state index contributed by atoms with van der Waals surface area (Å²) in [5.74, 6) is -2.65. The Morgan fingerprint density at radius 3 is 2.68 bits per heavy atom. The predicted octanol–water partition coefficient (Wildman–Crippen LogP) is 2.46. The molecule has 0 aliphatic carbocycles. The summed E-state index contributed by atoms with van der Waals surface area (Å²) >= 11 is 6.17. The van der Waals surface area contributed by atoms with E-state index in [4.69, 9.17) is 16.7 Å². The molecular formula is C19H18ClFN2O5. The van der Waals surface area contributed by atoms with Gasteiger partial charge in [-0.3, -0.25) is 4.79 Å². The molecular weight excluding hydrogens is 391 g/mol. The lowest BCUT2D eigenvalue weighted by molar-refractivity contribution is -0.157. The van der Waals surface area contributed by atoms with E-state index in [1.807, 2.05) is 0 Å². The molecule has 28 heavy (non-hydrogen) atoms. The van der Waals surface area contributed by atoms with Crippen LogP contribution in [0.25, 0.3) is 0 Å². The van der Waals surface area contributed by atoms with Gasteiger partial charge in [0, 0.05) is 19.3 Å². The molecule has 1 aromatic heterocycles. The molecule has 2 aromatic rings. The van der Waals surface area contributed by atoms with E-state index >= 15 is 0 Å². The number of piperidine rings is 1. The molecule has 2 atom stereocenters. The number of aromatic nitrogens is 1. The van der Waals surface area contributed by atoms with Crippen LogP contribution in [-0.2, 0) is 11.2 Å². The first-order valence-corrected chi connectivity index (χ1v) is 8.90. The molecule has 0 saturated carbocycles. The van der Waals surface area contributed by atoms with Gasteiger partial charge in [0.25, 0.3) is 0 Å². The van der Waals surface area contributed by atoms with Gasteiger partial charge in [0.15, 0.2) is 0 Å².